The first-order valence-corrected chi connectivity index (χ1v) is 3.33. The number of fused-ring (bicyclic) bond motifs is 1. The summed E-state index contributed by atoms with van der Waals surface area (Å²) in [6.45, 7) is 0. The second-order valence-corrected chi connectivity index (χ2v) is 2.46. The fraction of sp³-hybridized carbons (Fsp3) is 0.125. The van der Waals surface area contributed by atoms with Crippen LogP contribution < -0.4 is 56.9 Å². The number of aromatic nitrogens is 2. The fourth-order valence-corrected chi connectivity index (χ4v) is 1.07. The van der Waals surface area contributed by atoms with Gasteiger partial charge in [0.25, 0.3) is 0 Å². The standard InChI is InChI=1S/C8H7N2O.K/c1-10-5-3-6-2-4-9-7(6)8(10)11;/h2,4-5,9H,1H3;/q-1;+1. The van der Waals surface area contributed by atoms with Crippen molar-refractivity contribution >= 4 is 10.9 Å². The summed E-state index contributed by atoms with van der Waals surface area (Å²) >= 11 is 0. The van der Waals surface area contributed by atoms with Crippen LogP contribution in [-0.4, -0.2) is 9.55 Å². The van der Waals surface area contributed by atoms with Crippen LogP contribution >= 0.6 is 0 Å². The van der Waals surface area contributed by atoms with Crippen LogP contribution in [0, 0.1) is 6.07 Å². The average Bonchev–Trinajstić information content (AvgIpc) is 2.45. The topological polar surface area (TPSA) is 37.8 Å². The molecule has 0 saturated carbocycles. The van der Waals surface area contributed by atoms with E-state index < -0.39 is 0 Å². The molecule has 3 nitrogen and oxygen atoms in total. The van der Waals surface area contributed by atoms with Gasteiger partial charge >= 0.3 is 51.4 Å². The summed E-state index contributed by atoms with van der Waals surface area (Å²) in [6.07, 6.45) is 3.38. The molecule has 12 heavy (non-hydrogen) atoms. The number of aromatic amines is 1. The third-order valence-corrected chi connectivity index (χ3v) is 1.69. The van der Waals surface area contributed by atoms with Crippen LogP contribution in [0.1, 0.15) is 0 Å². The number of hydrogen-bond acceptors (Lipinski definition) is 1. The van der Waals surface area contributed by atoms with Gasteiger partial charge in [-0.1, -0.05) is 12.4 Å². The van der Waals surface area contributed by atoms with Crippen molar-refractivity contribution in [2.45, 2.75) is 0 Å². The molecule has 0 atom stereocenters. The zero-order valence-electron chi connectivity index (χ0n) is 7.09. The van der Waals surface area contributed by atoms with Gasteiger partial charge in [0.2, 0.25) is 5.56 Å². The molecule has 0 saturated heterocycles. The molecule has 2 rings (SSSR count). The van der Waals surface area contributed by atoms with E-state index in [1.54, 1.807) is 19.4 Å². The summed E-state index contributed by atoms with van der Waals surface area (Å²) < 4.78 is 1.50. The van der Waals surface area contributed by atoms with E-state index in [0.29, 0.717) is 5.52 Å². The average molecular weight is 186 g/mol. The van der Waals surface area contributed by atoms with E-state index in [1.165, 1.54) is 4.57 Å². The monoisotopic (exact) mass is 186 g/mol. The van der Waals surface area contributed by atoms with E-state index in [2.05, 4.69) is 11.1 Å². The predicted octanol–water partition coefficient (Wildman–Crippen LogP) is -2.33. The Morgan fingerprint density at radius 3 is 3.08 bits per heavy atom. The summed E-state index contributed by atoms with van der Waals surface area (Å²) in [6, 6.07) is 4.80. The van der Waals surface area contributed by atoms with Gasteiger partial charge in [-0.25, -0.2) is 0 Å². The van der Waals surface area contributed by atoms with E-state index in [4.69, 9.17) is 0 Å². The molecule has 0 unspecified atom stereocenters. The third-order valence-electron chi connectivity index (χ3n) is 1.69. The van der Waals surface area contributed by atoms with Crippen molar-refractivity contribution in [3.63, 3.8) is 0 Å². The third kappa shape index (κ3) is 1.58. The Labute approximate surface area is 112 Å². The van der Waals surface area contributed by atoms with Crippen molar-refractivity contribution in [3.8, 4) is 0 Å². The number of nitrogens with one attached hydrogen (secondary N) is 1. The molecule has 4 heteroatoms. The number of aryl methyl sites for hydroxylation is 1. The Bertz CT molecular complexity index is 443. The van der Waals surface area contributed by atoms with E-state index in [1.807, 2.05) is 6.07 Å². The van der Waals surface area contributed by atoms with Crippen LogP contribution in [0.2, 0.25) is 0 Å². The Morgan fingerprint density at radius 1 is 1.58 bits per heavy atom. The molecular formula is C8H7KN2O. The van der Waals surface area contributed by atoms with Gasteiger partial charge in [0.1, 0.15) is 0 Å². The number of H-pyrrole nitrogens is 1. The first-order chi connectivity index (χ1) is 5.29. The van der Waals surface area contributed by atoms with Crippen molar-refractivity contribution in [2.75, 3.05) is 0 Å². The number of rotatable bonds is 0. The minimum absolute atomic E-state index is 0. The minimum Gasteiger partial charge on any atom is -0.419 e. The largest absolute Gasteiger partial charge is 1.00 e. The number of pyridine rings is 1. The molecular weight excluding hydrogens is 179 g/mol. The van der Waals surface area contributed by atoms with Crippen LogP contribution in [0.15, 0.2) is 23.3 Å². The smallest absolute Gasteiger partial charge is 0.419 e. The molecule has 0 aliphatic rings. The molecule has 2 aromatic heterocycles. The summed E-state index contributed by atoms with van der Waals surface area (Å²) in [5, 5.41) is 0.841. The van der Waals surface area contributed by atoms with Gasteiger partial charge < -0.3 is 9.55 Å². The Hall–Kier alpha value is 0.126. The zero-order chi connectivity index (χ0) is 7.84. The molecule has 0 amide bonds. The fourth-order valence-electron chi connectivity index (χ4n) is 1.07. The van der Waals surface area contributed by atoms with Crippen LogP contribution in [0.3, 0.4) is 0 Å². The molecule has 0 radical (unpaired) electrons. The molecule has 0 aliphatic heterocycles. The first-order valence-electron chi connectivity index (χ1n) is 3.33. The van der Waals surface area contributed by atoms with Gasteiger partial charge in [-0.15, -0.1) is 6.07 Å². The maximum absolute atomic E-state index is 11.3. The summed E-state index contributed by atoms with van der Waals surface area (Å²) in [5.41, 5.74) is 0.610. The second kappa shape index (κ2) is 3.89. The molecule has 2 aromatic rings. The van der Waals surface area contributed by atoms with Gasteiger partial charge in [-0.3, -0.25) is 4.79 Å². The minimum atomic E-state index is -0.0104. The van der Waals surface area contributed by atoms with E-state index in [-0.39, 0.29) is 56.9 Å². The molecule has 0 aromatic carbocycles. The molecule has 0 fully saturated rings. The summed E-state index contributed by atoms with van der Waals surface area (Å²) in [4.78, 5) is 14.2. The Morgan fingerprint density at radius 2 is 2.33 bits per heavy atom. The van der Waals surface area contributed by atoms with Crippen molar-refractivity contribution in [3.05, 3.63) is 34.9 Å². The molecule has 1 N–H and O–H groups in total. The van der Waals surface area contributed by atoms with Gasteiger partial charge in [0, 0.05) is 7.05 Å². The summed E-state index contributed by atoms with van der Waals surface area (Å²) in [7, 11) is 1.71. The maximum atomic E-state index is 11.3. The molecule has 0 spiro atoms. The van der Waals surface area contributed by atoms with Gasteiger partial charge in [0.05, 0.1) is 0 Å². The summed E-state index contributed by atoms with van der Waals surface area (Å²) in [5.74, 6) is 0. The van der Waals surface area contributed by atoms with Crippen molar-refractivity contribution in [1.29, 1.82) is 0 Å². The Kier molecular flexibility index (Phi) is 3.31. The van der Waals surface area contributed by atoms with Gasteiger partial charge in [0.15, 0.2) is 0 Å². The number of hydrogen-bond donors (Lipinski definition) is 1. The van der Waals surface area contributed by atoms with Crippen LogP contribution in [0.4, 0.5) is 0 Å². The SMILES string of the molecule is Cn1c[c-]c2cc[nH]c2c1=O.[K+]. The quantitative estimate of drug-likeness (QED) is 0.364. The van der Waals surface area contributed by atoms with Crippen molar-refractivity contribution in [1.82, 2.24) is 9.55 Å². The molecule has 0 bridgehead atoms. The second-order valence-electron chi connectivity index (χ2n) is 2.46. The number of nitrogens with zero attached hydrogens (tertiary/aromatic N) is 1. The van der Waals surface area contributed by atoms with E-state index in [9.17, 15) is 4.79 Å². The Balaban J connectivity index is 0.000000720. The maximum Gasteiger partial charge on any atom is 1.00 e. The van der Waals surface area contributed by atoms with Crippen molar-refractivity contribution in [2.24, 2.45) is 7.05 Å². The molecule has 0 aliphatic carbocycles. The first kappa shape index (κ1) is 10.2. The van der Waals surface area contributed by atoms with E-state index in [0.717, 1.165) is 5.39 Å². The predicted molar refractivity (Wildman–Crippen MR) is 42.4 cm³/mol. The molecule has 56 valence electrons. The van der Waals surface area contributed by atoms with Crippen LogP contribution in [-0.2, 0) is 7.05 Å². The zero-order valence-corrected chi connectivity index (χ0v) is 10.2. The molecule has 2 heterocycles. The normalized spacial score (nSPS) is 9.75. The van der Waals surface area contributed by atoms with E-state index >= 15 is 0 Å². The van der Waals surface area contributed by atoms with Crippen LogP contribution in [0.25, 0.3) is 10.9 Å². The van der Waals surface area contributed by atoms with Gasteiger partial charge in [-0.05, 0) is 5.52 Å². The van der Waals surface area contributed by atoms with Crippen LogP contribution in [0.5, 0.6) is 0 Å². The van der Waals surface area contributed by atoms with Crippen molar-refractivity contribution < 1.29 is 51.4 Å². The van der Waals surface area contributed by atoms with Gasteiger partial charge in [-0.2, -0.15) is 11.5 Å².